The molecule has 1 amide bonds. The van der Waals surface area contributed by atoms with Crippen LogP contribution in [0.5, 0.6) is 0 Å². The molecule has 6 rings (SSSR count). The summed E-state index contributed by atoms with van der Waals surface area (Å²) in [5, 5.41) is 3.33. The van der Waals surface area contributed by atoms with E-state index < -0.39 is 0 Å². The Balaban J connectivity index is 1.11. The monoisotopic (exact) mass is 583 g/mol. The third kappa shape index (κ3) is 7.06. The van der Waals surface area contributed by atoms with E-state index >= 15 is 0 Å². The fourth-order valence-corrected chi connectivity index (χ4v) is 6.59. The minimum atomic E-state index is -0.280. The largest absolute Gasteiger partial charge is 0.438 e. The lowest BCUT2D eigenvalue weighted by Gasteiger charge is -2.32. The molecule has 2 aromatic heterocycles. The summed E-state index contributed by atoms with van der Waals surface area (Å²) in [6, 6.07) is 7.89. The molecule has 43 heavy (non-hydrogen) atoms. The molecular formula is C35H45N5O3. The van der Waals surface area contributed by atoms with Gasteiger partial charge in [0.25, 0.3) is 0 Å². The van der Waals surface area contributed by atoms with Gasteiger partial charge in [-0.25, -0.2) is 15.0 Å². The Bertz CT molecular complexity index is 1390. The molecule has 1 aliphatic heterocycles. The molecule has 2 aliphatic carbocycles. The number of carbonyl (C=O) groups excluding carboxylic acids is 2. The Hall–Kier alpha value is -3.39. The third-order valence-electron chi connectivity index (χ3n) is 9.90. The number of Topliss-reactive ketones (excluding diaryl/α,β-unsaturated/α-hetero) is 1. The highest BCUT2D eigenvalue weighted by atomic mass is 16.4. The Kier molecular flexibility index (Phi) is 9.03. The number of hydrogen-bond donors (Lipinski definition) is 1. The molecule has 1 aromatic carbocycles. The predicted molar refractivity (Wildman–Crippen MR) is 166 cm³/mol. The topological polar surface area (TPSA) is 101 Å². The number of piperidine rings is 1. The van der Waals surface area contributed by atoms with Crippen molar-refractivity contribution in [2.24, 2.45) is 11.3 Å². The zero-order valence-electron chi connectivity index (χ0n) is 25.7. The first-order valence-corrected chi connectivity index (χ1v) is 16.4. The van der Waals surface area contributed by atoms with Gasteiger partial charge < -0.3 is 14.6 Å². The number of nitrogens with zero attached hydrogens (tertiary/aromatic N) is 4. The molecule has 8 nitrogen and oxygen atoms in total. The molecular weight excluding hydrogens is 538 g/mol. The van der Waals surface area contributed by atoms with E-state index in [1.165, 1.54) is 12.8 Å². The summed E-state index contributed by atoms with van der Waals surface area (Å²) >= 11 is 0. The lowest BCUT2D eigenvalue weighted by molar-refractivity contribution is -0.124. The molecule has 3 fully saturated rings. The molecule has 2 atom stereocenters. The van der Waals surface area contributed by atoms with Crippen molar-refractivity contribution in [1.29, 1.82) is 0 Å². The molecule has 3 aliphatic rings. The summed E-state index contributed by atoms with van der Waals surface area (Å²) in [6.45, 7) is 7.37. The van der Waals surface area contributed by atoms with Crippen molar-refractivity contribution in [2.75, 3.05) is 19.6 Å². The van der Waals surface area contributed by atoms with Crippen molar-refractivity contribution in [3.8, 4) is 22.5 Å². The highest BCUT2D eigenvalue weighted by molar-refractivity contribution is 5.83. The number of nitrogens with one attached hydrogen (secondary N) is 1. The lowest BCUT2D eigenvalue weighted by Crippen LogP contribution is -2.37. The zero-order valence-corrected chi connectivity index (χ0v) is 25.7. The van der Waals surface area contributed by atoms with Crippen LogP contribution >= 0.6 is 0 Å². The predicted octanol–water partition coefficient (Wildman–Crippen LogP) is 6.88. The molecule has 1 spiro atoms. The fraction of sp³-hybridized carbons (Fsp3) is 0.571. The van der Waals surface area contributed by atoms with Gasteiger partial charge >= 0.3 is 0 Å². The number of carbonyl (C=O) groups is 2. The smallest absolute Gasteiger partial charge is 0.224 e. The van der Waals surface area contributed by atoms with Crippen LogP contribution in [-0.4, -0.2) is 51.2 Å². The first-order chi connectivity index (χ1) is 21.0. The van der Waals surface area contributed by atoms with E-state index in [0.717, 1.165) is 87.1 Å². The number of likely N-dealkylation sites (tertiary alicyclic amines) is 1. The van der Waals surface area contributed by atoms with Crippen molar-refractivity contribution < 1.29 is 14.0 Å². The minimum absolute atomic E-state index is 0.0838. The molecule has 8 heteroatoms. The van der Waals surface area contributed by atoms with E-state index in [-0.39, 0.29) is 23.3 Å². The van der Waals surface area contributed by atoms with Crippen molar-refractivity contribution in [2.45, 2.75) is 96.4 Å². The molecule has 228 valence electrons. The molecule has 3 aromatic rings. The summed E-state index contributed by atoms with van der Waals surface area (Å²) in [5.41, 5.74) is 3.16. The number of oxazole rings is 1. The van der Waals surface area contributed by atoms with Crippen LogP contribution in [0.4, 0.5) is 0 Å². The minimum Gasteiger partial charge on any atom is -0.438 e. The normalized spacial score (nSPS) is 20.2. The maximum absolute atomic E-state index is 13.5. The van der Waals surface area contributed by atoms with Crippen molar-refractivity contribution >= 4 is 11.7 Å². The van der Waals surface area contributed by atoms with Crippen molar-refractivity contribution in [1.82, 2.24) is 25.2 Å². The van der Waals surface area contributed by atoms with Gasteiger partial charge in [0.05, 0.1) is 6.20 Å². The van der Waals surface area contributed by atoms with E-state index in [1.807, 2.05) is 31.5 Å². The van der Waals surface area contributed by atoms with Gasteiger partial charge in [-0.1, -0.05) is 51.0 Å². The summed E-state index contributed by atoms with van der Waals surface area (Å²) in [5.74, 6) is 3.26. The number of unbranched alkanes of at least 4 members (excludes halogenated alkanes) is 2. The molecule has 0 unspecified atom stereocenters. The lowest BCUT2D eigenvalue weighted by atomic mass is 9.90. The van der Waals surface area contributed by atoms with Crippen LogP contribution in [0.1, 0.15) is 108 Å². The molecule has 0 bridgehead atoms. The van der Waals surface area contributed by atoms with Crippen LogP contribution in [-0.2, 0) is 9.59 Å². The Morgan fingerprint density at radius 1 is 0.953 bits per heavy atom. The molecule has 1 saturated heterocycles. The maximum atomic E-state index is 13.5. The van der Waals surface area contributed by atoms with Crippen LogP contribution in [0.3, 0.4) is 0 Å². The SMILES string of the molecule is CCC(=O)CCCCC[C@H](NC(=O)[C@H]1CC12CCN(CC)CC2)c1ncc(-c2ccc(-c3cnc(C4CC4)nc3)cc2)o1. The molecule has 1 N–H and O–H groups in total. The van der Waals surface area contributed by atoms with Gasteiger partial charge in [0.2, 0.25) is 11.8 Å². The third-order valence-corrected chi connectivity index (χ3v) is 9.90. The highest BCUT2D eigenvalue weighted by Gasteiger charge is 2.58. The van der Waals surface area contributed by atoms with E-state index in [9.17, 15) is 9.59 Å². The summed E-state index contributed by atoms with van der Waals surface area (Å²) in [7, 11) is 0. The van der Waals surface area contributed by atoms with Gasteiger partial charge in [0.1, 0.15) is 17.6 Å². The number of hydrogen-bond acceptors (Lipinski definition) is 7. The number of rotatable bonds is 14. The number of ketones is 1. The van der Waals surface area contributed by atoms with E-state index in [1.54, 1.807) is 6.20 Å². The molecule has 2 saturated carbocycles. The molecule has 0 radical (unpaired) electrons. The summed E-state index contributed by atoms with van der Waals surface area (Å²) in [4.78, 5) is 41.4. The average molecular weight is 584 g/mol. The standard InChI is InChI=1S/C35H45N5O3/c1-3-28(41)8-6-5-7-9-30(39-33(42)29-20-35(29)16-18-40(4-2)19-17-35)34-38-23-31(43-34)25-12-10-24(11-13-25)27-21-36-32(37-22-27)26-14-15-26/h10-13,21-23,26,29-30H,3-9,14-20H2,1-2H3,(H,39,42)/t29-,30+/m1/s1. The Morgan fingerprint density at radius 3 is 2.35 bits per heavy atom. The van der Waals surface area contributed by atoms with Gasteiger partial charge in [0, 0.05) is 48.2 Å². The van der Waals surface area contributed by atoms with Gasteiger partial charge in [-0.05, 0) is 75.6 Å². The van der Waals surface area contributed by atoms with Crippen molar-refractivity contribution in [3.63, 3.8) is 0 Å². The Morgan fingerprint density at radius 2 is 1.67 bits per heavy atom. The Labute approximate surface area is 255 Å². The number of benzene rings is 1. The quantitative estimate of drug-likeness (QED) is 0.206. The molecule has 3 heterocycles. The second-order valence-electron chi connectivity index (χ2n) is 12.9. The second-order valence-corrected chi connectivity index (χ2v) is 12.9. The zero-order chi connectivity index (χ0) is 29.8. The number of amides is 1. The van der Waals surface area contributed by atoms with Gasteiger partial charge in [0.15, 0.2) is 5.76 Å². The van der Waals surface area contributed by atoms with Crippen LogP contribution in [0.2, 0.25) is 0 Å². The fourth-order valence-electron chi connectivity index (χ4n) is 6.59. The van der Waals surface area contributed by atoms with E-state index in [2.05, 4.69) is 44.2 Å². The van der Waals surface area contributed by atoms with Crippen LogP contribution in [0.25, 0.3) is 22.5 Å². The van der Waals surface area contributed by atoms with Gasteiger partial charge in [-0.3, -0.25) is 9.59 Å². The van der Waals surface area contributed by atoms with Gasteiger partial charge in [-0.15, -0.1) is 0 Å². The van der Waals surface area contributed by atoms with E-state index in [0.29, 0.717) is 36.2 Å². The maximum Gasteiger partial charge on any atom is 0.224 e. The summed E-state index contributed by atoms with van der Waals surface area (Å²) < 4.78 is 6.29. The second kappa shape index (κ2) is 13.1. The first kappa shape index (κ1) is 29.7. The first-order valence-electron chi connectivity index (χ1n) is 16.4. The van der Waals surface area contributed by atoms with E-state index in [4.69, 9.17) is 4.42 Å². The average Bonchev–Trinajstić information content (AvgIpc) is 3.97. The summed E-state index contributed by atoms with van der Waals surface area (Å²) in [6.07, 6.45) is 15.8. The highest BCUT2D eigenvalue weighted by Crippen LogP contribution is 2.59. The van der Waals surface area contributed by atoms with Crippen LogP contribution in [0, 0.1) is 11.3 Å². The van der Waals surface area contributed by atoms with Crippen LogP contribution in [0.15, 0.2) is 47.3 Å². The van der Waals surface area contributed by atoms with Crippen molar-refractivity contribution in [3.05, 3.63) is 54.6 Å². The van der Waals surface area contributed by atoms with Crippen LogP contribution < -0.4 is 5.32 Å². The number of aromatic nitrogens is 3. The van der Waals surface area contributed by atoms with Gasteiger partial charge in [-0.2, -0.15) is 0 Å².